The van der Waals surface area contributed by atoms with E-state index >= 15 is 0 Å². The van der Waals surface area contributed by atoms with Crippen molar-refractivity contribution in [1.29, 1.82) is 0 Å². The molecule has 0 aliphatic heterocycles. The lowest BCUT2D eigenvalue weighted by atomic mass is 10.00. The molecule has 0 unspecified atom stereocenters. The van der Waals surface area contributed by atoms with E-state index in [0.29, 0.717) is 18.4 Å². The van der Waals surface area contributed by atoms with Crippen LogP contribution in [0.5, 0.6) is 5.75 Å². The summed E-state index contributed by atoms with van der Waals surface area (Å²) in [5.74, 6) is -3.44. The molecule has 0 fully saturated rings. The molecule has 1 aromatic carbocycles. The lowest BCUT2D eigenvalue weighted by Gasteiger charge is -2.11. The second kappa shape index (κ2) is 6.51. The van der Waals surface area contributed by atoms with Gasteiger partial charge in [-0.3, -0.25) is 0 Å². The number of hydrogen-bond donors (Lipinski definition) is 2. The molecule has 0 radical (unpaired) electrons. The first-order valence-corrected chi connectivity index (χ1v) is 5.88. The molecule has 0 saturated carbocycles. The Morgan fingerprint density at radius 1 is 1.20 bits per heavy atom. The third-order valence-corrected chi connectivity index (χ3v) is 2.56. The molecular formula is C14H14O6. The minimum absolute atomic E-state index is 0.0409. The lowest BCUT2D eigenvalue weighted by molar-refractivity contribution is -0.129. The van der Waals surface area contributed by atoms with Gasteiger partial charge >= 0.3 is 17.9 Å². The van der Waals surface area contributed by atoms with Crippen molar-refractivity contribution < 1.29 is 29.3 Å². The Bertz CT molecular complexity index is 573. The van der Waals surface area contributed by atoms with Gasteiger partial charge in [-0.25, -0.2) is 14.4 Å². The van der Waals surface area contributed by atoms with Crippen molar-refractivity contribution in [3.8, 4) is 5.75 Å². The van der Waals surface area contributed by atoms with Gasteiger partial charge in [0.15, 0.2) is 0 Å². The molecule has 6 nitrogen and oxygen atoms in total. The van der Waals surface area contributed by atoms with Gasteiger partial charge < -0.3 is 14.9 Å². The average Bonchev–Trinajstić information content (AvgIpc) is 2.39. The number of esters is 1. The van der Waals surface area contributed by atoms with Crippen molar-refractivity contribution in [3.63, 3.8) is 0 Å². The summed E-state index contributed by atoms with van der Waals surface area (Å²) in [6.45, 7) is 5.12. The maximum atomic E-state index is 11.2. The SMILES string of the molecule is C=CC(=O)Oc1cc(C(=O)O)c(C(=O)O)cc1CCC. The average molecular weight is 278 g/mol. The Labute approximate surface area is 115 Å². The molecule has 0 aromatic heterocycles. The maximum Gasteiger partial charge on any atom is 0.336 e. The van der Waals surface area contributed by atoms with Gasteiger partial charge in [0.05, 0.1) is 11.1 Å². The third kappa shape index (κ3) is 3.44. The van der Waals surface area contributed by atoms with Crippen molar-refractivity contribution in [2.24, 2.45) is 0 Å². The summed E-state index contributed by atoms with van der Waals surface area (Å²) in [7, 11) is 0. The Morgan fingerprint density at radius 3 is 2.20 bits per heavy atom. The van der Waals surface area contributed by atoms with Crippen molar-refractivity contribution in [2.45, 2.75) is 19.8 Å². The molecule has 0 amide bonds. The molecule has 0 atom stereocenters. The van der Waals surface area contributed by atoms with E-state index < -0.39 is 23.5 Å². The largest absolute Gasteiger partial charge is 0.478 e. The summed E-state index contributed by atoms with van der Waals surface area (Å²) in [4.78, 5) is 33.4. The Hall–Kier alpha value is -2.63. The van der Waals surface area contributed by atoms with Crippen LogP contribution in [0, 0.1) is 0 Å². The number of carboxylic acid groups (broad SMARTS) is 2. The van der Waals surface area contributed by atoms with Gasteiger partial charge in [-0.1, -0.05) is 19.9 Å². The molecule has 0 saturated heterocycles. The van der Waals surface area contributed by atoms with E-state index in [1.54, 1.807) is 0 Å². The second-order valence-electron chi connectivity index (χ2n) is 3.99. The van der Waals surface area contributed by atoms with Gasteiger partial charge in [0, 0.05) is 6.08 Å². The fraction of sp³-hybridized carbons (Fsp3) is 0.214. The van der Waals surface area contributed by atoms with E-state index in [4.69, 9.17) is 14.9 Å². The van der Waals surface area contributed by atoms with Gasteiger partial charge in [-0.05, 0) is 24.1 Å². The molecule has 6 heteroatoms. The molecule has 0 aliphatic rings. The van der Waals surface area contributed by atoms with Crippen LogP contribution in [0.1, 0.15) is 39.6 Å². The van der Waals surface area contributed by atoms with Crippen molar-refractivity contribution >= 4 is 17.9 Å². The fourth-order valence-electron chi connectivity index (χ4n) is 1.69. The number of aryl methyl sites for hydroxylation is 1. The molecule has 106 valence electrons. The van der Waals surface area contributed by atoms with Crippen molar-refractivity contribution in [1.82, 2.24) is 0 Å². The highest BCUT2D eigenvalue weighted by atomic mass is 16.5. The van der Waals surface area contributed by atoms with Crippen LogP contribution in [0.15, 0.2) is 24.8 Å². The Balaban J connectivity index is 3.43. The molecule has 1 rings (SSSR count). The van der Waals surface area contributed by atoms with Gasteiger partial charge in [0.2, 0.25) is 0 Å². The number of carbonyl (C=O) groups excluding carboxylic acids is 1. The van der Waals surface area contributed by atoms with E-state index in [-0.39, 0.29) is 11.3 Å². The third-order valence-electron chi connectivity index (χ3n) is 2.56. The number of benzene rings is 1. The van der Waals surface area contributed by atoms with E-state index in [2.05, 4.69) is 6.58 Å². The number of hydrogen-bond acceptors (Lipinski definition) is 4. The number of carbonyl (C=O) groups is 3. The first kappa shape index (κ1) is 15.4. The highest BCUT2D eigenvalue weighted by Crippen LogP contribution is 2.26. The summed E-state index contributed by atoms with van der Waals surface area (Å²) in [6, 6.07) is 2.28. The molecular weight excluding hydrogens is 264 g/mol. The summed E-state index contributed by atoms with van der Waals surface area (Å²) in [5.41, 5.74) is -0.298. The fourth-order valence-corrected chi connectivity index (χ4v) is 1.69. The van der Waals surface area contributed by atoms with Crippen molar-refractivity contribution in [2.75, 3.05) is 0 Å². The van der Waals surface area contributed by atoms with Crippen LogP contribution in [-0.2, 0) is 11.2 Å². The van der Waals surface area contributed by atoms with Crippen LogP contribution in [0.2, 0.25) is 0 Å². The van der Waals surface area contributed by atoms with E-state index in [1.807, 2.05) is 6.92 Å². The molecule has 0 aliphatic carbocycles. The molecule has 0 spiro atoms. The summed E-state index contributed by atoms with van der Waals surface area (Å²) >= 11 is 0. The molecule has 2 N–H and O–H groups in total. The van der Waals surface area contributed by atoms with Crippen LogP contribution < -0.4 is 4.74 Å². The zero-order valence-electron chi connectivity index (χ0n) is 10.9. The predicted octanol–water partition coefficient (Wildman–Crippen LogP) is 2.13. The number of rotatable bonds is 6. The maximum absolute atomic E-state index is 11.2. The minimum atomic E-state index is -1.40. The highest BCUT2D eigenvalue weighted by molar-refractivity contribution is 6.02. The van der Waals surface area contributed by atoms with Crippen LogP contribution in [0.3, 0.4) is 0 Å². The van der Waals surface area contributed by atoms with Crippen LogP contribution in [-0.4, -0.2) is 28.1 Å². The molecule has 0 bridgehead atoms. The first-order valence-electron chi connectivity index (χ1n) is 5.88. The standard InChI is InChI=1S/C14H14O6/c1-3-5-8-6-9(13(16)17)10(14(18)19)7-11(8)20-12(15)4-2/h4,6-7H,2-3,5H2,1H3,(H,16,17)(H,18,19). The smallest absolute Gasteiger partial charge is 0.336 e. The molecule has 1 aromatic rings. The van der Waals surface area contributed by atoms with Crippen molar-refractivity contribution in [3.05, 3.63) is 41.5 Å². The highest BCUT2D eigenvalue weighted by Gasteiger charge is 2.20. The summed E-state index contributed by atoms with van der Waals surface area (Å²) in [5, 5.41) is 18.1. The zero-order chi connectivity index (χ0) is 15.3. The topological polar surface area (TPSA) is 101 Å². The Kier molecular flexibility index (Phi) is 5.02. The molecule has 20 heavy (non-hydrogen) atoms. The molecule has 0 heterocycles. The number of aromatic carboxylic acids is 2. The van der Waals surface area contributed by atoms with Gasteiger partial charge in [0.1, 0.15) is 5.75 Å². The van der Waals surface area contributed by atoms with Crippen LogP contribution in [0.4, 0.5) is 0 Å². The van der Waals surface area contributed by atoms with Gasteiger partial charge in [0.25, 0.3) is 0 Å². The van der Waals surface area contributed by atoms with E-state index in [0.717, 1.165) is 12.1 Å². The predicted molar refractivity (Wildman–Crippen MR) is 70.2 cm³/mol. The van der Waals surface area contributed by atoms with Gasteiger partial charge in [-0.15, -0.1) is 0 Å². The normalized spacial score (nSPS) is 9.85. The minimum Gasteiger partial charge on any atom is -0.478 e. The first-order chi connectivity index (χ1) is 9.40. The number of carboxylic acids is 2. The monoisotopic (exact) mass is 278 g/mol. The van der Waals surface area contributed by atoms with E-state index in [9.17, 15) is 14.4 Å². The second-order valence-corrected chi connectivity index (χ2v) is 3.99. The zero-order valence-corrected chi connectivity index (χ0v) is 10.9. The summed E-state index contributed by atoms with van der Waals surface area (Å²) in [6.07, 6.45) is 2.09. The van der Waals surface area contributed by atoms with Gasteiger partial charge in [-0.2, -0.15) is 0 Å². The van der Waals surface area contributed by atoms with Crippen LogP contribution in [0.25, 0.3) is 0 Å². The van der Waals surface area contributed by atoms with Crippen LogP contribution >= 0.6 is 0 Å². The summed E-state index contributed by atoms with van der Waals surface area (Å²) < 4.78 is 4.96. The Morgan fingerprint density at radius 2 is 1.75 bits per heavy atom. The van der Waals surface area contributed by atoms with E-state index in [1.165, 1.54) is 6.07 Å². The number of ether oxygens (including phenoxy) is 1. The quantitative estimate of drug-likeness (QED) is 0.469. The lowest BCUT2D eigenvalue weighted by Crippen LogP contribution is -2.12.